The summed E-state index contributed by atoms with van der Waals surface area (Å²) in [6.45, 7) is 12.4. The number of nitro benzene ring substituents is 1. The SMILES string of the molecule is C=C(N)c1ccc(CNC(=O)Cn2c(-c3cc(C(=O)OCCOCCOC)cc([N+](=O)[O-])c3)cnc(NC(C)C)c2=O)cc1.COCCOCCOC(=O)c1cc(N)cc(-c2cnc(NC(C)C)c(=O)n2CC(=O)NCc2ccc(C(=N)N)cc2)c1. The molecule has 0 spiro atoms. The molecule has 6 aromatic rings. The Labute approximate surface area is 495 Å². The van der Waals surface area contributed by atoms with E-state index < -0.39 is 52.0 Å². The van der Waals surface area contributed by atoms with Crippen molar-refractivity contribution in [2.24, 2.45) is 11.5 Å². The molecule has 2 aromatic heterocycles. The Hall–Kier alpha value is -9.83. The summed E-state index contributed by atoms with van der Waals surface area (Å²) in [6, 6.07) is 22.0. The second-order valence-electron chi connectivity index (χ2n) is 19.6. The van der Waals surface area contributed by atoms with Crippen molar-refractivity contribution >= 4 is 58.3 Å². The fraction of sp³-hybridized carbons (Fsp3) is 0.339. The van der Waals surface area contributed by atoms with E-state index in [0.717, 1.165) is 27.3 Å². The third-order valence-electron chi connectivity index (χ3n) is 12.1. The van der Waals surface area contributed by atoms with Crippen molar-refractivity contribution in [3.8, 4) is 22.5 Å². The molecule has 0 aliphatic rings. The molecular formula is C59H73N13O14. The molecule has 86 heavy (non-hydrogen) atoms. The standard InChI is InChI=1S/C30H36N6O8.C29H37N7O6/c1-19(2)34-28-29(38)35(18-27(37)32-16-21-5-7-22(8-6-21)20(3)31)26(17-33-28)23-13-24(15-25(14-23)36(40)41)30(39)44-12-11-43-10-9-42-4;1-18(2)35-27-28(38)36(17-25(37)33-15-19-4-6-20(7-5-19)26(31)32)24(16-34-27)21-12-22(14-23(30)13-21)29(39)42-11-10-41-9-8-40-3/h5-8,13-15,17,19H,3,9-12,16,18,31H2,1-2,4H3,(H,32,37)(H,33,34);4-7,12-14,16,18H,8-11,15,17,30H2,1-3H3,(H3,31,32)(H,33,37)(H,34,35). The number of nitro groups is 1. The predicted molar refractivity (Wildman–Crippen MR) is 323 cm³/mol. The van der Waals surface area contributed by atoms with Crippen LogP contribution in [0.2, 0.25) is 0 Å². The van der Waals surface area contributed by atoms with Gasteiger partial charge in [0.05, 0.1) is 79.5 Å². The average molecular weight is 1190 g/mol. The molecule has 27 nitrogen and oxygen atoms in total. The molecule has 0 saturated heterocycles. The van der Waals surface area contributed by atoms with Gasteiger partial charge in [0, 0.05) is 79.6 Å². The molecule has 11 N–H and O–H groups in total. The van der Waals surface area contributed by atoms with Gasteiger partial charge >= 0.3 is 11.9 Å². The molecule has 0 bridgehead atoms. The largest absolute Gasteiger partial charge is 0.460 e. The Bertz CT molecular complexity index is 3460. The summed E-state index contributed by atoms with van der Waals surface area (Å²) < 4.78 is 33.3. The summed E-state index contributed by atoms with van der Waals surface area (Å²) in [5.41, 5.74) is 20.3. The molecule has 458 valence electrons. The zero-order chi connectivity index (χ0) is 62.9. The first-order valence-corrected chi connectivity index (χ1v) is 27.0. The lowest BCUT2D eigenvalue weighted by Gasteiger charge is -2.17. The smallest absolute Gasteiger partial charge is 0.338 e. The lowest BCUT2D eigenvalue weighted by molar-refractivity contribution is -0.384. The second-order valence-corrected chi connectivity index (χ2v) is 19.6. The molecule has 0 aliphatic carbocycles. The van der Waals surface area contributed by atoms with Gasteiger partial charge in [-0.1, -0.05) is 55.1 Å². The van der Waals surface area contributed by atoms with Crippen LogP contribution in [0.25, 0.3) is 28.2 Å². The van der Waals surface area contributed by atoms with Crippen molar-refractivity contribution in [3.63, 3.8) is 0 Å². The van der Waals surface area contributed by atoms with Crippen LogP contribution in [0.5, 0.6) is 0 Å². The maximum atomic E-state index is 13.5. The normalized spacial score (nSPS) is 10.8. The molecule has 4 aromatic carbocycles. The first-order chi connectivity index (χ1) is 41.1. The van der Waals surface area contributed by atoms with E-state index in [0.29, 0.717) is 48.9 Å². The highest BCUT2D eigenvalue weighted by Crippen LogP contribution is 2.27. The Morgan fingerprint density at radius 2 is 1.03 bits per heavy atom. The number of amides is 2. The fourth-order valence-electron chi connectivity index (χ4n) is 7.88. The van der Waals surface area contributed by atoms with Gasteiger partial charge in [0.1, 0.15) is 32.1 Å². The fourth-order valence-corrected chi connectivity index (χ4v) is 7.88. The number of anilines is 3. The molecule has 0 aliphatic heterocycles. The first kappa shape index (κ1) is 67.0. The molecule has 27 heteroatoms. The van der Waals surface area contributed by atoms with Crippen molar-refractivity contribution in [1.29, 1.82) is 5.41 Å². The van der Waals surface area contributed by atoms with Gasteiger partial charge in [-0.15, -0.1) is 0 Å². The van der Waals surface area contributed by atoms with Crippen molar-refractivity contribution < 1.29 is 52.5 Å². The van der Waals surface area contributed by atoms with Gasteiger partial charge in [-0.25, -0.2) is 19.6 Å². The molecule has 0 saturated carbocycles. The third-order valence-corrected chi connectivity index (χ3v) is 12.1. The molecule has 2 amide bonds. The van der Waals surface area contributed by atoms with Gasteiger partial charge in [-0.05, 0) is 68.7 Å². The Morgan fingerprint density at radius 3 is 1.44 bits per heavy atom. The zero-order valence-electron chi connectivity index (χ0n) is 48.8. The summed E-state index contributed by atoms with van der Waals surface area (Å²) >= 11 is 0. The van der Waals surface area contributed by atoms with E-state index in [9.17, 15) is 38.9 Å². The summed E-state index contributed by atoms with van der Waals surface area (Å²) in [5.74, 6) is -2.34. The van der Waals surface area contributed by atoms with Crippen molar-refractivity contribution in [2.75, 3.05) is 83.4 Å². The van der Waals surface area contributed by atoms with E-state index in [2.05, 4.69) is 37.8 Å². The molecular weight excluding hydrogens is 1110 g/mol. The van der Waals surface area contributed by atoms with Crippen LogP contribution in [-0.4, -0.2) is 133 Å². The number of amidine groups is 1. The number of carbonyl (C=O) groups is 4. The number of nitrogens with one attached hydrogen (secondary N) is 5. The number of rotatable bonds is 31. The van der Waals surface area contributed by atoms with Crippen LogP contribution >= 0.6 is 0 Å². The van der Waals surface area contributed by atoms with Crippen LogP contribution in [0.3, 0.4) is 0 Å². The van der Waals surface area contributed by atoms with Gasteiger partial charge in [-0.2, -0.15) is 0 Å². The number of nitrogens with zero attached hydrogens (tertiary/aromatic N) is 5. The van der Waals surface area contributed by atoms with E-state index in [1.54, 1.807) is 61.7 Å². The molecule has 0 unspecified atom stereocenters. The highest BCUT2D eigenvalue weighted by Gasteiger charge is 2.23. The van der Waals surface area contributed by atoms with Crippen molar-refractivity contribution in [2.45, 2.75) is 66.0 Å². The Kier molecular flexibility index (Phi) is 26.1. The number of nitrogen functional groups attached to an aromatic ring is 2. The Balaban J connectivity index is 0.000000314. The van der Waals surface area contributed by atoms with Crippen molar-refractivity contribution in [3.05, 3.63) is 168 Å². The van der Waals surface area contributed by atoms with Crippen LogP contribution < -0.4 is 49.6 Å². The van der Waals surface area contributed by atoms with Crippen molar-refractivity contribution in [1.82, 2.24) is 29.7 Å². The van der Waals surface area contributed by atoms with Gasteiger partial charge in [-0.3, -0.25) is 43.8 Å². The average Bonchev–Trinajstić information content (AvgIpc) is 0.986. The summed E-state index contributed by atoms with van der Waals surface area (Å²) in [4.78, 5) is 98.0. The predicted octanol–water partition coefficient (Wildman–Crippen LogP) is 4.44. The summed E-state index contributed by atoms with van der Waals surface area (Å²) in [6.07, 6.45) is 2.77. The number of ether oxygens (including phenoxy) is 6. The lowest BCUT2D eigenvalue weighted by atomic mass is 10.1. The molecule has 0 fully saturated rings. The summed E-state index contributed by atoms with van der Waals surface area (Å²) in [5, 5.41) is 30.8. The number of non-ortho nitro benzene ring substituents is 1. The van der Waals surface area contributed by atoms with Gasteiger partial charge in [0.15, 0.2) is 11.6 Å². The number of esters is 2. The molecule has 0 atom stereocenters. The number of benzene rings is 4. The molecule has 2 heterocycles. The monoisotopic (exact) mass is 1190 g/mol. The van der Waals surface area contributed by atoms with Gasteiger partial charge in [0.2, 0.25) is 11.8 Å². The number of aromatic nitrogens is 4. The number of hydrogen-bond donors (Lipinski definition) is 8. The minimum Gasteiger partial charge on any atom is -0.460 e. The van der Waals surface area contributed by atoms with Gasteiger partial charge in [0.25, 0.3) is 16.8 Å². The van der Waals surface area contributed by atoms with E-state index in [4.69, 9.17) is 51.0 Å². The van der Waals surface area contributed by atoms with Gasteiger partial charge < -0.3 is 66.9 Å². The van der Waals surface area contributed by atoms with Crippen LogP contribution in [0.15, 0.2) is 113 Å². The quantitative estimate of drug-likeness (QED) is 0.00567. The topological polar surface area (TPSA) is 387 Å². The van der Waals surface area contributed by atoms with Crippen LogP contribution in [-0.2, 0) is 64.2 Å². The highest BCUT2D eigenvalue weighted by molar-refractivity contribution is 5.95. The minimum atomic E-state index is -0.827. The van der Waals surface area contributed by atoms with E-state index >= 15 is 0 Å². The van der Waals surface area contributed by atoms with E-state index in [1.165, 1.54) is 48.3 Å². The van der Waals surface area contributed by atoms with E-state index in [1.807, 2.05) is 27.7 Å². The zero-order valence-corrected chi connectivity index (χ0v) is 48.8. The number of carbonyl (C=O) groups excluding carboxylic acids is 4. The minimum absolute atomic E-state index is 0.00677. The van der Waals surface area contributed by atoms with E-state index in [-0.39, 0.29) is 104 Å². The van der Waals surface area contributed by atoms with Crippen LogP contribution in [0, 0.1) is 15.5 Å². The highest BCUT2D eigenvalue weighted by atomic mass is 16.6. The van der Waals surface area contributed by atoms with Crippen LogP contribution in [0.1, 0.15) is 70.7 Å². The molecule has 6 rings (SSSR count). The van der Waals surface area contributed by atoms with Crippen LogP contribution in [0.4, 0.5) is 23.0 Å². The third kappa shape index (κ3) is 20.8. The Morgan fingerprint density at radius 1 is 0.616 bits per heavy atom. The first-order valence-electron chi connectivity index (χ1n) is 27.0. The maximum Gasteiger partial charge on any atom is 0.338 e. The number of methoxy groups -OCH3 is 2. The maximum absolute atomic E-state index is 13.5. The molecule has 0 radical (unpaired) electrons. The number of hydrogen-bond acceptors (Lipinski definition) is 21. The lowest BCUT2D eigenvalue weighted by Crippen LogP contribution is -2.35. The summed E-state index contributed by atoms with van der Waals surface area (Å²) in [7, 11) is 3.09. The second kappa shape index (κ2) is 33.5. The number of nitrogens with two attached hydrogens (primary N) is 3.